The minimum Gasteiger partial charge on any atom is -0.343 e. The fourth-order valence-electron chi connectivity index (χ4n) is 4.24. The molecular formula is C24H37N3O2. The van der Waals surface area contributed by atoms with E-state index in [9.17, 15) is 9.59 Å². The van der Waals surface area contributed by atoms with Crippen LogP contribution in [0.25, 0.3) is 0 Å². The maximum Gasteiger partial charge on any atom is 0.227 e. The minimum atomic E-state index is 0.281. The first kappa shape index (κ1) is 21.8. The first-order valence-corrected chi connectivity index (χ1v) is 11.6. The molecule has 0 radical (unpaired) electrons. The fraction of sp³-hybridized carbons (Fsp3) is 0.667. The second kappa shape index (κ2) is 10.8. The smallest absolute Gasteiger partial charge is 0.227 e. The van der Waals surface area contributed by atoms with Gasteiger partial charge in [0.1, 0.15) is 0 Å². The maximum atomic E-state index is 11.6. The summed E-state index contributed by atoms with van der Waals surface area (Å²) in [5, 5.41) is 0. The van der Waals surface area contributed by atoms with Crippen molar-refractivity contribution in [3.63, 3.8) is 0 Å². The van der Waals surface area contributed by atoms with Crippen molar-refractivity contribution in [1.29, 1.82) is 0 Å². The molecule has 0 N–H and O–H groups in total. The summed E-state index contributed by atoms with van der Waals surface area (Å²) in [5.74, 6) is 1.05. The molecular weight excluding hydrogens is 362 g/mol. The van der Waals surface area contributed by atoms with E-state index < -0.39 is 0 Å². The van der Waals surface area contributed by atoms with Crippen molar-refractivity contribution in [2.45, 2.75) is 70.8 Å². The van der Waals surface area contributed by atoms with Gasteiger partial charge in [-0.1, -0.05) is 32.4 Å². The molecule has 2 aliphatic heterocycles. The Labute approximate surface area is 176 Å². The Morgan fingerprint density at radius 1 is 0.931 bits per heavy atom. The third-order valence-electron chi connectivity index (χ3n) is 6.39. The van der Waals surface area contributed by atoms with Crippen LogP contribution >= 0.6 is 0 Å². The average Bonchev–Trinajstić information content (AvgIpc) is 3.50. The fourth-order valence-corrected chi connectivity index (χ4v) is 4.24. The van der Waals surface area contributed by atoms with Crippen molar-refractivity contribution in [1.82, 2.24) is 9.80 Å². The van der Waals surface area contributed by atoms with Crippen LogP contribution in [0, 0.1) is 0 Å². The van der Waals surface area contributed by atoms with Crippen molar-refractivity contribution in [2.75, 3.05) is 37.6 Å². The molecule has 5 rings (SSSR count). The topological polar surface area (TPSA) is 43.9 Å². The first-order chi connectivity index (χ1) is 14.2. The number of hydrogen-bond donors (Lipinski definition) is 0. The van der Waals surface area contributed by atoms with Crippen LogP contribution in [-0.4, -0.2) is 60.9 Å². The molecule has 4 aliphatic rings. The Bertz CT molecular complexity index is 662. The summed E-state index contributed by atoms with van der Waals surface area (Å²) in [6.07, 6.45) is 9.48. The van der Waals surface area contributed by atoms with Gasteiger partial charge in [-0.25, -0.2) is 0 Å². The first-order valence-electron chi connectivity index (χ1n) is 11.6. The SMILES string of the molecule is CC.O=C1CCCN1c1cccc(C2CC2)c1.O=CN1CCN(C2CCC2)CC1. The minimum absolute atomic E-state index is 0.281. The normalized spacial score (nSPS) is 22.2. The third kappa shape index (κ3) is 5.81. The summed E-state index contributed by atoms with van der Waals surface area (Å²) in [4.78, 5) is 28.3. The number of anilines is 1. The number of benzene rings is 1. The number of carbonyl (C=O) groups is 2. The zero-order valence-corrected chi connectivity index (χ0v) is 18.2. The van der Waals surface area contributed by atoms with Gasteiger partial charge in [0.05, 0.1) is 0 Å². The van der Waals surface area contributed by atoms with Crippen molar-refractivity contribution in [3.05, 3.63) is 29.8 Å². The number of hydrogen-bond acceptors (Lipinski definition) is 3. The van der Waals surface area contributed by atoms with Crippen LogP contribution in [0.1, 0.15) is 70.3 Å². The molecule has 160 valence electrons. The predicted molar refractivity (Wildman–Crippen MR) is 118 cm³/mol. The van der Waals surface area contributed by atoms with E-state index in [2.05, 4.69) is 29.2 Å². The molecule has 0 spiro atoms. The molecule has 2 saturated heterocycles. The van der Waals surface area contributed by atoms with Crippen molar-refractivity contribution in [3.8, 4) is 0 Å². The third-order valence-corrected chi connectivity index (χ3v) is 6.39. The summed E-state index contributed by atoms with van der Waals surface area (Å²) in [6, 6.07) is 9.35. The van der Waals surface area contributed by atoms with Crippen molar-refractivity contribution in [2.24, 2.45) is 0 Å². The Kier molecular flexibility index (Phi) is 8.10. The van der Waals surface area contributed by atoms with Crippen molar-refractivity contribution >= 4 is 18.0 Å². The highest BCUT2D eigenvalue weighted by molar-refractivity contribution is 5.95. The lowest BCUT2D eigenvalue weighted by molar-refractivity contribution is -0.120. The van der Waals surface area contributed by atoms with E-state index in [1.54, 1.807) is 0 Å². The van der Waals surface area contributed by atoms with Gasteiger partial charge in [0, 0.05) is 50.9 Å². The van der Waals surface area contributed by atoms with Gasteiger partial charge in [-0.05, 0) is 55.7 Å². The lowest BCUT2D eigenvalue weighted by Crippen LogP contribution is -2.51. The van der Waals surface area contributed by atoms with Gasteiger partial charge in [0.15, 0.2) is 0 Å². The van der Waals surface area contributed by atoms with E-state index in [1.165, 1.54) is 37.7 Å². The largest absolute Gasteiger partial charge is 0.343 e. The van der Waals surface area contributed by atoms with E-state index >= 15 is 0 Å². The van der Waals surface area contributed by atoms with E-state index in [0.29, 0.717) is 6.42 Å². The lowest BCUT2D eigenvalue weighted by Gasteiger charge is -2.42. The zero-order valence-electron chi connectivity index (χ0n) is 18.2. The number of carbonyl (C=O) groups excluding carboxylic acids is 2. The molecule has 29 heavy (non-hydrogen) atoms. The number of piperazine rings is 1. The van der Waals surface area contributed by atoms with Gasteiger partial charge >= 0.3 is 0 Å². The van der Waals surface area contributed by atoms with Gasteiger partial charge < -0.3 is 9.80 Å². The Morgan fingerprint density at radius 3 is 2.17 bits per heavy atom. The van der Waals surface area contributed by atoms with Gasteiger partial charge in [0.25, 0.3) is 0 Å². The van der Waals surface area contributed by atoms with Crippen LogP contribution in [-0.2, 0) is 9.59 Å². The van der Waals surface area contributed by atoms with Crippen LogP contribution in [0.2, 0.25) is 0 Å². The number of amides is 2. The van der Waals surface area contributed by atoms with Gasteiger partial charge in [0.2, 0.25) is 12.3 Å². The molecule has 2 amide bonds. The highest BCUT2D eigenvalue weighted by Crippen LogP contribution is 2.41. The molecule has 5 nitrogen and oxygen atoms in total. The zero-order chi connectivity index (χ0) is 20.6. The molecule has 2 aliphatic carbocycles. The standard InChI is InChI=1S/C13H15NO.C9H16N2O.C2H6/c15-13-5-2-8-14(13)12-4-1-3-11(9-12)10-6-7-10;12-8-10-4-6-11(7-5-10)9-2-1-3-9;1-2/h1,3-4,9-10H,2,5-8H2;8-9H,1-7H2;1-2H3. The van der Waals surface area contributed by atoms with E-state index in [1.807, 2.05) is 23.6 Å². The summed E-state index contributed by atoms with van der Waals surface area (Å²) < 4.78 is 0. The molecule has 2 heterocycles. The summed E-state index contributed by atoms with van der Waals surface area (Å²) in [7, 11) is 0. The predicted octanol–water partition coefficient (Wildman–Crippen LogP) is 4.03. The monoisotopic (exact) mass is 399 g/mol. The van der Waals surface area contributed by atoms with Crippen LogP contribution in [0.15, 0.2) is 24.3 Å². The second-order valence-electron chi connectivity index (χ2n) is 8.28. The van der Waals surface area contributed by atoms with Crippen LogP contribution in [0.5, 0.6) is 0 Å². The molecule has 0 aromatic heterocycles. The van der Waals surface area contributed by atoms with Crippen LogP contribution < -0.4 is 4.90 Å². The van der Waals surface area contributed by atoms with Crippen LogP contribution in [0.4, 0.5) is 5.69 Å². The highest BCUT2D eigenvalue weighted by atomic mass is 16.2. The summed E-state index contributed by atoms with van der Waals surface area (Å²) in [6.45, 7) is 8.93. The summed E-state index contributed by atoms with van der Waals surface area (Å²) >= 11 is 0. The number of rotatable bonds is 4. The molecule has 5 heteroatoms. The maximum absolute atomic E-state index is 11.6. The van der Waals surface area contributed by atoms with Gasteiger partial charge in [-0.3, -0.25) is 14.5 Å². The molecule has 4 fully saturated rings. The average molecular weight is 400 g/mol. The second-order valence-corrected chi connectivity index (χ2v) is 8.28. The molecule has 2 saturated carbocycles. The van der Waals surface area contributed by atoms with E-state index in [4.69, 9.17) is 0 Å². The summed E-state index contributed by atoms with van der Waals surface area (Å²) in [5.41, 5.74) is 2.51. The highest BCUT2D eigenvalue weighted by Gasteiger charge is 2.27. The Balaban J connectivity index is 0.000000156. The van der Waals surface area contributed by atoms with Crippen LogP contribution in [0.3, 0.4) is 0 Å². The van der Waals surface area contributed by atoms with E-state index in [0.717, 1.165) is 63.2 Å². The lowest BCUT2D eigenvalue weighted by atomic mass is 9.91. The van der Waals surface area contributed by atoms with Gasteiger partial charge in [-0.2, -0.15) is 0 Å². The van der Waals surface area contributed by atoms with Gasteiger partial charge in [-0.15, -0.1) is 0 Å². The molecule has 0 unspecified atom stereocenters. The quantitative estimate of drug-likeness (QED) is 0.718. The van der Waals surface area contributed by atoms with Crippen molar-refractivity contribution < 1.29 is 9.59 Å². The van der Waals surface area contributed by atoms with E-state index in [-0.39, 0.29) is 5.91 Å². The molecule has 0 bridgehead atoms. The molecule has 1 aromatic carbocycles. The number of nitrogens with zero attached hydrogens (tertiary/aromatic N) is 3. The molecule has 0 atom stereocenters. The Hall–Kier alpha value is -1.88. The Morgan fingerprint density at radius 2 is 1.66 bits per heavy atom. The molecule has 1 aromatic rings.